The molecule has 1 aromatic rings. The fraction of sp³-hybridized carbons (Fsp3) is 0.462. The van der Waals surface area contributed by atoms with Crippen LogP contribution in [0, 0.1) is 12.8 Å². The van der Waals surface area contributed by atoms with Crippen LogP contribution < -0.4 is 5.32 Å². The molecule has 3 nitrogen and oxygen atoms in total. The summed E-state index contributed by atoms with van der Waals surface area (Å²) in [6.45, 7) is 6.05. The SMILES string of the molecule is Cc1cc(C(=O)NCC(O)C(C)C)ccc1Br. The van der Waals surface area contributed by atoms with Crippen molar-refractivity contribution in [3.8, 4) is 0 Å². The Morgan fingerprint density at radius 3 is 2.65 bits per heavy atom. The number of nitrogens with one attached hydrogen (secondary N) is 1. The number of carbonyl (C=O) groups is 1. The first-order valence-corrected chi connectivity index (χ1v) is 6.43. The molecule has 0 aliphatic carbocycles. The molecule has 2 N–H and O–H groups in total. The minimum atomic E-state index is -0.504. The molecule has 0 heterocycles. The van der Waals surface area contributed by atoms with Gasteiger partial charge in [0.25, 0.3) is 5.91 Å². The molecule has 0 aromatic heterocycles. The summed E-state index contributed by atoms with van der Waals surface area (Å²) in [5.41, 5.74) is 1.63. The van der Waals surface area contributed by atoms with E-state index in [0.29, 0.717) is 5.56 Å². The lowest BCUT2D eigenvalue weighted by atomic mass is 10.1. The summed E-state index contributed by atoms with van der Waals surface area (Å²) in [7, 11) is 0. The number of amides is 1. The molecule has 1 unspecified atom stereocenters. The first-order valence-electron chi connectivity index (χ1n) is 5.64. The van der Waals surface area contributed by atoms with Crippen molar-refractivity contribution in [2.24, 2.45) is 5.92 Å². The number of rotatable bonds is 4. The van der Waals surface area contributed by atoms with E-state index in [1.54, 1.807) is 6.07 Å². The van der Waals surface area contributed by atoms with Crippen LogP contribution in [0.1, 0.15) is 29.8 Å². The lowest BCUT2D eigenvalue weighted by Crippen LogP contribution is -2.34. The Morgan fingerprint density at radius 1 is 1.47 bits per heavy atom. The van der Waals surface area contributed by atoms with E-state index in [1.165, 1.54) is 0 Å². The summed E-state index contributed by atoms with van der Waals surface area (Å²) < 4.78 is 0.983. The molecule has 0 aliphatic heterocycles. The van der Waals surface area contributed by atoms with Crippen molar-refractivity contribution in [1.29, 1.82) is 0 Å². The fourth-order valence-corrected chi connectivity index (χ4v) is 1.57. The molecule has 4 heteroatoms. The molecule has 1 atom stereocenters. The summed E-state index contributed by atoms with van der Waals surface area (Å²) in [5, 5.41) is 12.3. The van der Waals surface area contributed by atoms with E-state index in [-0.39, 0.29) is 18.4 Å². The van der Waals surface area contributed by atoms with Crippen LogP contribution in [0.15, 0.2) is 22.7 Å². The van der Waals surface area contributed by atoms with E-state index in [0.717, 1.165) is 10.0 Å². The van der Waals surface area contributed by atoms with Crippen molar-refractivity contribution in [1.82, 2.24) is 5.32 Å². The highest BCUT2D eigenvalue weighted by Gasteiger charge is 2.12. The third-order valence-corrected chi connectivity index (χ3v) is 3.55. The molecular weight excluding hydrogens is 282 g/mol. The fourth-order valence-electron chi connectivity index (χ4n) is 1.32. The Hall–Kier alpha value is -0.870. The number of hydrogen-bond donors (Lipinski definition) is 2. The first-order chi connectivity index (χ1) is 7.91. The van der Waals surface area contributed by atoms with Gasteiger partial charge in [-0.25, -0.2) is 0 Å². The van der Waals surface area contributed by atoms with Gasteiger partial charge in [0.1, 0.15) is 0 Å². The van der Waals surface area contributed by atoms with Gasteiger partial charge in [0, 0.05) is 16.6 Å². The van der Waals surface area contributed by atoms with E-state index in [1.807, 2.05) is 32.9 Å². The van der Waals surface area contributed by atoms with Crippen molar-refractivity contribution in [3.05, 3.63) is 33.8 Å². The lowest BCUT2D eigenvalue weighted by Gasteiger charge is -2.15. The lowest BCUT2D eigenvalue weighted by molar-refractivity contribution is 0.0871. The third-order valence-electron chi connectivity index (χ3n) is 2.66. The van der Waals surface area contributed by atoms with Gasteiger partial charge in [-0.15, -0.1) is 0 Å². The molecule has 17 heavy (non-hydrogen) atoms. The molecule has 1 amide bonds. The molecule has 0 spiro atoms. The van der Waals surface area contributed by atoms with Gasteiger partial charge in [-0.3, -0.25) is 4.79 Å². The maximum atomic E-state index is 11.8. The van der Waals surface area contributed by atoms with Crippen LogP contribution in [0.25, 0.3) is 0 Å². The Kier molecular flexibility index (Phi) is 5.15. The zero-order valence-corrected chi connectivity index (χ0v) is 11.9. The van der Waals surface area contributed by atoms with Gasteiger partial charge in [0.2, 0.25) is 0 Å². The highest BCUT2D eigenvalue weighted by atomic mass is 79.9. The number of aliphatic hydroxyl groups excluding tert-OH is 1. The molecular formula is C13H18BrNO2. The number of hydrogen-bond acceptors (Lipinski definition) is 2. The van der Waals surface area contributed by atoms with Crippen LogP contribution in [-0.4, -0.2) is 23.7 Å². The van der Waals surface area contributed by atoms with Crippen molar-refractivity contribution in [2.75, 3.05) is 6.54 Å². The second kappa shape index (κ2) is 6.17. The van der Waals surface area contributed by atoms with Gasteiger partial charge in [-0.05, 0) is 36.6 Å². The van der Waals surface area contributed by atoms with Crippen molar-refractivity contribution in [2.45, 2.75) is 26.9 Å². The van der Waals surface area contributed by atoms with Crippen molar-refractivity contribution in [3.63, 3.8) is 0 Å². The number of aryl methyl sites for hydroxylation is 1. The molecule has 1 aromatic carbocycles. The quantitative estimate of drug-likeness (QED) is 0.897. The van der Waals surface area contributed by atoms with Gasteiger partial charge in [-0.1, -0.05) is 29.8 Å². The highest BCUT2D eigenvalue weighted by Crippen LogP contribution is 2.17. The van der Waals surface area contributed by atoms with Crippen LogP contribution in [0.2, 0.25) is 0 Å². The average molecular weight is 300 g/mol. The Labute approximate surface area is 110 Å². The summed E-state index contributed by atoms with van der Waals surface area (Å²) in [5.74, 6) is -0.0118. The number of carbonyl (C=O) groups excluding carboxylic acids is 1. The van der Waals surface area contributed by atoms with Gasteiger partial charge in [0.05, 0.1) is 6.10 Å². The Balaban J connectivity index is 2.61. The Morgan fingerprint density at radius 2 is 2.12 bits per heavy atom. The number of aliphatic hydroxyl groups is 1. The Bertz CT molecular complexity index is 404. The van der Waals surface area contributed by atoms with Gasteiger partial charge >= 0.3 is 0 Å². The minimum Gasteiger partial charge on any atom is -0.391 e. The maximum absolute atomic E-state index is 11.8. The van der Waals surface area contributed by atoms with E-state index in [4.69, 9.17) is 0 Å². The number of benzene rings is 1. The van der Waals surface area contributed by atoms with Crippen molar-refractivity contribution < 1.29 is 9.90 Å². The van der Waals surface area contributed by atoms with Crippen LogP contribution in [0.3, 0.4) is 0 Å². The predicted octanol–water partition coefficient (Wildman–Crippen LogP) is 2.50. The second-order valence-corrected chi connectivity index (χ2v) is 5.34. The smallest absolute Gasteiger partial charge is 0.251 e. The molecule has 0 bridgehead atoms. The maximum Gasteiger partial charge on any atom is 0.251 e. The van der Waals surface area contributed by atoms with Crippen LogP contribution >= 0.6 is 15.9 Å². The molecule has 0 saturated carbocycles. The average Bonchev–Trinajstić information content (AvgIpc) is 2.28. The second-order valence-electron chi connectivity index (χ2n) is 4.49. The highest BCUT2D eigenvalue weighted by molar-refractivity contribution is 9.10. The summed E-state index contributed by atoms with van der Waals surface area (Å²) in [6, 6.07) is 5.43. The normalized spacial score (nSPS) is 12.6. The van der Waals surface area contributed by atoms with E-state index in [9.17, 15) is 9.90 Å². The van der Waals surface area contributed by atoms with Crippen LogP contribution in [0.5, 0.6) is 0 Å². The standard InChI is InChI=1S/C13H18BrNO2/c1-8(2)12(16)7-15-13(17)10-4-5-11(14)9(3)6-10/h4-6,8,12,16H,7H2,1-3H3,(H,15,17). The van der Waals surface area contributed by atoms with E-state index < -0.39 is 6.10 Å². The van der Waals surface area contributed by atoms with Gasteiger partial charge in [-0.2, -0.15) is 0 Å². The first kappa shape index (κ1) is 14.2. The summed E-state index contributed by atoms with van der Waals surface area (Å²) in [4.78, 5) is 11.8. The number of halogens is 1. The minimum absolute atomic E-state index is 0.141. The monoisotopic (exact) mass is 299 g/mol. The zero-order valence-electron chi connectivity index (χ0n) is 10.3. The molecule has 94 valence electrons. The molecule has 1 rings (SSSR count). The summed E-state index contributed by atoms with van der Waals surface area (Å²) >= 11 is 3.39. The largest absolute Gasteiger partial charge is 0.391 e. The molecule has 0 aliphatic rings. The molecule has 0 saturated heterocycles. The zero-order chi connectivity index (χ0) is 13.0. The van der Waals surface area contributed by atoms with Gasteiger partial charge < -0.3 is 10.4 Å². The van der Waals surface area contributed by atoms with E-state index in [2.05, 4.69) is 21.2 Å². The summed E-state index contributed by atoms with van der Waals surface area (Å²) in [6.07, 6.45) is -0.504. The predicted molar refractivity (Wildman–Crippen MR) is 72.1 cm³/mol. The third kappa shape index (κ3) is 4.13. The topological polar surface area (TPSA) is 49.3 Å². The van der Waals surface area contributed by atoms with Crippen LogP contribution in [-0.2, 0) is 0 Å². The molecule has 0 radical (unpaired) electrons. The van der Waals surface area contributed by atoms with Crippen LogP contribution in [0.4, 0.5) is 0 Å². The van der Waals surface area contributed by atoms with Crippen molar-refractivity contribution >= 4 is 21.8 Å². The van der Waals surface area contributed by atoms with Gasteiger partial charge in [0.15, 0.2) is 0 Å². The molecule has 0 fully saturated rings. The van der Waals surface area contributed by atoms with E-state index >= 15 is 0 Å².